The third kappa shape index (κ3) is 4.41. The van der Waals surface area contributed by atoms with Gasteiger partial charge in [-0.2, -0.15) is 0 Å². The van der Waals surface area contributed by atoms with E-state index in [2.05, 4.69) is 22.4 Å². The van der Waals surface area contributed by atoms with Crippen molar-refractivity contribution in [2.75, 3.05) is 0 Å². The molecule has 4 aromatic rings. The standard InChI is InChI=1S/C23H20ClN3O/c24-18-12-10-17(11-13-18)15-22(28)25-21(14-16-6-2-1-3-7-16)23-26-19-8-4-5-9-20(19)27-23/h1-13,21H,14-15H2,(H,25,28)(H,26,27). The van der Waals surface area contributed by atoms with Gasteiger partial charge >= 0.3 is 0 Å². The third-order valence-electron chi connectivity index (χ3n) is 4.63. The van der Waals surface area contributed by atoms with Crippen molar-refractivity contribution in [3.05, 3.63) is 101 Å². The van der Waals surface area contributed by atoms with Gasteiger partial charge in [0.15, 0.2) is 0 Å². The number of nitrogens with zero attached hydrogens (tertiary/aromatic N) is 1. The maximum Gasteiger partial charge on any atom is 0.225 e. The number of halogens is 1. The molecular formula is C23H20ClN3O. The maximum atomic E-state index is 12.7. The van der Waals surface area contributed by atoms with Crippen molar-refractivity contribution in [1.82, 2.24) is 15.3 Å². The van der Waals surface area contributed by atoms with E-state index in [0.29, 0.717) is 17.9 Å². The van der Waals surface area contributed by atoms with Crippen LogP contribution in [0.15, 0.2) is 78.9 Å². The minimum Gasteiger partial charge on any atom is -0.346 e. The number of rotatable bonds is 6. The molecule has 0 fully saturated rings. The molecule has 1 heterocycles. The summed E-state index contributed by atoms with van der Waals surface area (Å²) in [7, 11) is 0. The number of H-pyrrole nitrogens is 1. The van der Waals surface area contributed by atoms with Crippen LogP contribution in [0, 0.1) is 0 Å². The molecule has 5 heteroatoms. The van der Waals surface area contributed by atoms with Gasteiger partial charge in [0.1, 0.15) is 5.82 Å². The SMILES string of the molecule is O=C(Cc1ccc(Cl)cc1)NC(Cc1ccccc1)c1nc2ccccc2[nH]1. The van der Waals surface area contributed by atoms with Crippen molar-refractivity contribution < 1.29 is 4.79 Å². The maximum absolute atomic E-state index is 12.7. The number of aromatic amines is 1. The van der Waals surface area contributed by atoms with Gasteiger partial charge in [-0.3, -0.25) is 4.79 Å². The first-order valence-electron chi connectivity index (χ1n) is 9.20. The number of imidazole rings is 1. The number of nitrogens with one attached hydrogen (secondary N) is 2. The Bertz CT molecular complexity index is 1040. The fourth-order valence-electron chi connectivity index (χ4n) is 3.24. The van der Waals surface area contributed by atoms with Gasteiger partial charge in [0.05, 0.1) is 23.5 Å². The lowest BCUT2D eigenvalue weighted by atomic mass is 10.0. The van der Waals surface area contributed by atoms with E-state index in [-0.39, 0.29) is 11.9 Å². The minimum atomic E-state index is -0.241. The van der Waals surface area contributed by atoms with E-state index in [4.69, 9.17) is 16.6 Å². The molecule has 4 nitrogen and oxygen atoms in total. The molecule has 2 N–H and O–H groups in total. The second kappa shape index (κ2) is 8.28. The Morgan fingerprint density at radius 2 is 1.64 bits per heavy atom. The van der Waals surface area contributed by atoms with Gasteiger partial charge in [0.25, 0.3) is 0 Å². The highest BCUT2D eigenvalue weighted by atomic mass is 35.5. The second-order valence-electron chi connectivity index (χ2n) is 6.75. The number of benzene rings is 3. The fraction of sp³-hybridized carbons (Fsp3) is 0.130. The zero-order valence-corrected chi connectivity index (χ0v) is 16.0. The van der Waals surface area contributed by atoms with Crippen LogP contribution in [0.4, 0.5) is 0 Å². The van der Waals surface area contributed by atoms with Crippen molar-refractivity contribution in [2.24, 2.45) is 0 Å². The van der Waals surface area contributed by atoms with Crippen LogP contribution < -0.4 is 5.32 Å². The molecule has 0 radical (unpaired) electrons. The monoisotopic (exact) mass is 389 g/mol. The van der Waals surface area contributed by atoms with E-state index in [9.17, 15) is 4.79 Å². The molecule has 0 bridgehead atoms. The number of carbonyl (C=O) groups is 1. The Labute approximate surface area is 168 Å². The molecular weight excluding hydrogens is 370 g/mol. The normalized spacial score (nSPS) is 12.0. The van der Waals surface area contributed by atoms with Crippen LogP contribution in [-0.2, 0) is 17.6 Å². The number of para-hydroxylation sites is 2. The summed E-state index contributed by atoms with van der Waals surface area (Å²) in [6, 6.07) is 25.1. The number of hydrogen-bond acceptors (Lipinski definition) is 2. The molecule has 1 aromatic heterocycles. The molecule has 3 aromatic carbocycles. The molecule has 0 saturated carbocycles. The van der Waals surface area contributed by atoms with Crippen molar-refractivity contribution in [1.29, 1.82) is 0 Å². The van der Waals surface area contributed by atoms with E-state index in [0.717, 1.165) is 28.0 Å². The van der Waals surface area contributed by atoms with Crippen molar-refractivity contribution in [3.8, 4) is 0 Å². The van der Waals surface area contributed by atoms with Crippen LogP contribution >= 0.6 is 11.6 Å². The number of aromatic nitrogens is 2. The Balaban J connectivity index is 1.56. The Morgan fingerprint density at radius 3 is 2.39 bits per heavy atom. The molecule has 0 aliphatic rings. The molecule has 4 rings (SSSR count). The van der Waals surface area contributed by atoms with Crippen LogP contribution in [0.2, 0.25) is 5.02 Å². The number of carbonyl (C=O) groups excluding carboxylic acids is 1. The molecule has 0 aliphatic carbocycles. The fourth-order valence-corrected chi connectivity index (χ4v) is 3.36. The van der Waals surface area contributed by atoms with Crippen LogP contribution in [0.3, 0.4) is 0 Å². The first-order chi connectivity index (χ1) is 13.7. The summed E-state index contributed by atoms with van der Waals surface area (Å²) in [5.41, 5.74) is 3.91. The molecule has 140 valence electrons. The number of amides is 1. The Morgan fingerprint density at radius 1 is 0.929 bits per heavy atom. The smallest absolute Gasteiger partial charge is 0.225 e. The minimum absolute atomic E-state index is 0.0521. The van der Waals surface area contributed by atoms with Crippen molar-refractivity contribution >= 4 is 28.5 Å². The highest BCUT2D eigenvalue weighted by molar-refractivity contribution is 6.30. The summed E-state index contributed by atoms with van der Waals surface area (Å²) in [4.78, 5) is 20.7. The molecule has 1 amide bonds. The molecule has 0 aliphatic heterocycles. The predicted molar refractivity (Wildman–Crippen MR) is 112 cm³/mol. The lowest BCUT2D eigenvalue weighted by Crippen LogP contribution is -2.32. The molecule has 0 spiro atoms. The first-order valence-corrected chi connectivity index (χ1v) is 9.57. The summed E-state index contributed by atoms with van der Waals surface area (Å²) in [5.74, 6) is 0.707. The average Bonchev–Trinajstić information content (AvgIpc) is 3.14. The van der Waals surface area contributed by atoms with Gasteiger partial charge in [0.2, 0.25) is 5.91 Å². The Hall–Kier alpha value is -3.11. The largest absolute Gasteiger partial charge is 0.346 e. The van der Waals surface area contributed by atoms with E-state index >= 15 is 0 Å². The van der Waals surface area contributed by atoms with Crippen molar-refractivity contribution in [3.63, 3.8) is 0 Å². The zero-order chi connectivity index (χ0) is 19.3. The van der Waals surface area contributed by atoms with E-state index in [1.807, 2.05) is 54.6 Å². The van der Waals surface area contributed by atoms with Crippen molar-refractivity contribution in [2.45, 2.75) is 18.9 Å². The molecule has 1 unspecified atom stereocenters. The summed E-state index contributed by atoms with van der Waals surface area (Å²) < 4.78 is 0. The van der Waals surface area contributed by atoms with Gasteiger partial charge in [-0.15, -0.1) is 0 Å². The lowest BCUT2D eigenvalue weighted by Gasteiger charge is -2.17. The van der Waals surface area contributed by atoms with Crippen LogP contribution in [0.1, 0.15) is 23.0 Å². The van der Waals surface area contributed by atoms with Gasteiger partial charge in [0, 0.05) is 5.02 Å². The zero-order valence-electron chi connectivity index (χ0n) is 15.2. The second-order valence-corrected chi connectivity index (χ2v) is 7.19. The van der Waals surface area contributed by atoms with E-state index in [1.165, 1.54) is 0 Å². The average molecular weight is 390 g/mol. The first kappa shape index (κ1) is 18.3. The molecule has 0 saturated heterocycles. The summed E-state index contributed by atoms with van der Waals surface area (Å²) >= 11 is 5.93. The van der Waals surface area contributed by atoms with E-state index in [1.54, 1.807) is 12.1 Å². The predicted octanol–water partition coefficient (Wildman–Crippen LogP) is 4.86. The van der Waals surface area contributed by atoms with E-state index < -0.39 is 0 Å². The lowest BCUT2D eigenvalue weighted by molar-refractivity contribution is -0.121. The number of fused-ring (bicyclic) bond motifs is 1. The van der Waals surface area contributed by atoms with Gasteiger partial charge < -0.3 is 10.3 Å². The highest BCUT2D eigenvalue weighted by Crippen LogP contribution is 2.20. The highest BCUT2D eigenvalue weighted by Gasteiger charge is 2.19. The summed E-state index contributed by atoms with van der Waals surface area (Å²) in [5, 5.41) is 3.80. The summed E-state index contributed by atoms with van der Waals surface area (Å²) in [6.07, 6.45) is 0.954. The van der Waals surface area contributed by atoms with Crippen LogP contribution in [0.25, 0.3) is 11.0 Å². The van der Waals surface area contributed by atoms with Gasteiger partial charge in [-0.25, -0.2) is 4.98 Å². The topological polar surface area (TPSA) is 57.8 Å². The quantitative estimate of drug-likeness (QED) is 0.494. The van der Waals surface area contributed by atoms with Crippen LogP contribution in [0.5, 0.6) is 0 Å². The third-order valence-corrected chi connectivity index (χ3v) is 4.89. The number of hydrogen-bond donors (Lipinski definition) is 2. The molecule has 1 atom stereocenters. The van der Waals surface area contributed by atoms with Gasteiger partial charge in [-0.05, 0) is 41.8 Å². The molecule has 28 heavy (non-hydrogen) atoms. The van der Waals surface area contributed by atoms with Crippen LogP contribution in [-0.4, -0.2) is 15.9 Å². The summed E-state index contributed by atoms with van der Waals surface area (Å²) in [6.45, 7) is 0. The van der Waals surface area contributed by atoms with Gasteiger partial charge in [-0.1, -0.05) is 66.2 Å². The Kier molecular flexibility index (Phi) is 5.40.